The zero-order chi connectivity index (χ0) is 11.5. The zero-order valence-corrected chi connectivity index (χ0v) is 9.27. The van der Waals surface area contributed by atoms with Crippen LogP contribution in [0.15, 0.2) is 30.6 Å². The van der Waals surface area contributed by atoms with E-state index in [1.165, 1.54) is 11.9 Å². The van der Waals surface area contributed by atoms with Crippen LogP contribution in [0.2, 0.25) is 0 Å². The van der Waals surface area contributed by atoms with Crippen molar-refractivity contribution in [1.82, 2.24) is 9.97 Å². The molecular formula is C12H13N3O. The second-order valence-corrected chi connectivity index (χ2v) is 3.51. The molecule has 4 nitrogen and oxygen atoms in total. The Bertz CT molecular complexity index is 494. The maximum absolute atomic E-state index is 5.72. The molecule has 2 aromatic rings. The molecule has 1 aromatic carbocycles. The van der Waals surface area contributed by atoms with Crippen molar-refractivity contribution in [2.45, 2.75) is 6.92 Å². The average molecular weight is 215 g/mol. The zero-order valence-electron chi connectivity index (χ0n) is 9.27. The highest BCUT2D eigenvalue weighted by atomic mass is 16.5. The predicted octanol–water partition coefficient (Wildman–Crippen LogP) is 2.04. The molecule has 0 atom stereocenters. The molecule has 16 heavy (non-hydrogen) atoms. The molecule has 0 bridgehead atoms. The smallest absolute Gasteiger partial charge is 0.187 e. The number of anilines is 1. The topological polar surface area (TPSA) is 61.0 Å². The quantitative estimate of drug-likeness (QED) is 0.832. The molecule has 0 spiro atoms. The largest absolute Gasteiger partial charge is 0.491 e. The van der Waals surface area contributed by atoms with E-state index < -0.39 is 0 Å². The molecule has 0 aliphatic carbocycles. The Morgan fingerprint density at radius 1 is 1.12 bits per heavy atom. The molecule has 2 N–H and O–H groups in total. The molecule has 2 rings (SSSR count). The van der Waals surface area contributed by atoms with Crippen LogP contribution in [-0.2, 0) is 0 Å². The van der Waals surface area contributed by atoms with E-state index in [-0.39, 0.29) is 0 Å². The number of methoxy groups -OCH3 is 1. The van der Waals surface area contributed by atoms with Gasteiger partial charge >= 0.3 is 0 Å². The Kier molecular flexibility index (Phi) is 2.72. The fraction of sp³-hybridized carbons (Fsp3) is 0.167. The van der Waals surface area contributed by atoms with Gasteiger partial charge in [0.05, 0.1) is 7.11 Å². The van der Waals surface area contributed by atoms with Gasteiger partial charge in [0, 0.05) is 5.56 Å². The Balaban J connectivity index is 2.55. The monoisotopic (exact) mass is 215 g/mol. The van der Waals surface area contributed by atoms with Crippen molar-refractivity contribution in [2.75, 3.05) is 12.8 Å². The summed E-state index contributed by atoms with van der Waals surface area (Å²) in [7, 11) is 1.56. The summed E-state index contributed by atoms with van der Waals surface area (Å²) in [5.74, 6) is 0.874. The minimum Gasteiger partial charge on any atom is -0.491 e. The molecule has 0 radical (unpaired) electrons. The highest BCUT2D eigenvalue weighted by Crippen LogP contribution is 2.30. The number of benzene rings is 1. The lowest BCUT2D eigenvalue weighted by molar-refractivity contribution is 0.415. The number of aromatic nitrogens is 2. The minimum atomic E-state index is 0.355. The lowest BCUT2D eigenvalue weighted by atomic mass is 10.1. The predicted molar refractivity (Wildman–Crippen MR) is 63.2 cm³/mol. The van der Waals surface area contributed by atoms with Gasteiger partial charge in [-0.1, -0.05) is 29.8 Å². The van der Waals surface area contributed by atoms with Crippen LogP contribution in [0.3, 0.4) is 0 Å². The first-order valence-corrected chi connectivity index (χ1v) is 4.94. The normalized spacial score (nSPS) is 10.1. The van der Waals surface area contributed by atoms with Gasteiger partial charge in [-0.2, -0.15) is 0 Å². The Labute approximate surface area is 94.1 Å². The van der Waals surface area contributed by atoms with Crippen molar-refractivity contribution in [3.8, 4) is 17.0 Å². The second kappa shape index (κ2) is 4.18. The highest BCUT2D eigenvalue weighted by molar-refractivity contribution is 5.71. The summed E-state index contributed by atoms with van der Waals surface area (Å²) in [6.07, 6.45) is 1.44. The second-order valence-electron chi connectivity index (χ2n) is 3.51. The van der Waals surface area contributed by atoms with Crippen LogP contribution in [0.4, 0.5) is 5.82 Å². The summed E-state index contributed by atoms with van der Waals surface area (Å²) < 4.78 is 5.21. The van der Waals surface area contributed by atoms with Gasteiger partial charge in [-0.25, -0.2) is 9.97 Å². The van der Waals surface area contributed by atoms with Crippen molar-refractivity contribution in [3.63, 3.8) is 0 Å². The molecular weight excluding hydrogens is 202 g/mol. The maximum Gasteiger partial charge on any atom is 0.187 e. The standard InChI is InChI=1S/C12H13N3O/c1-8-3-5-9(6-4-8)10-11(16-2)12(13)15-7-14-10/h3-7H,1-2H3,(H2,13,14,15). The number of hydrogen-bond acceptors (Lipinski definition) is 4. The third-order valence-electron chi connectivity index (χ3n) is 2.36. The molecule has 0 aliphatic heterocycles. The lowest BCUT2D eigenvalue weighted by Crippen LogP contribution is -1.99. The number of nitrogens with zero attached hydrogens (tertiary/aromatic N) is 2. The molecule has 0 fully saturated rings. The van der Waals surface area contributed by atoms with Gasteiger partial charge in [-0.15, -0.1) is 0 Å². The van der Waals surface area contributed by atoms with E-state index in [4.69, 9.17) is 10.5 Å². The van der Waals surface area contributed by atoms with Crippen LogP contribution >= 0.6 is 0 Å². The van der Waals surface area contributed by atoms with Crippen LogP contribution < -0.4 is 10.5 Å². The van der Waals surface area contributed by atoms with Gasteiger partial charge in [-0.05, 0) is 6.92 Å². The van der Waals surface area contributed by atoms with Crippen molar-refractivity contribution >= 4 is 5.82 Å². The minimum absolute atomic E-state index is 0.355. The average Bonchev–Trinajstić information content (AvgIpc) is 2.30. The number of aryl methyl sites for hydroxylation is 1. The summed E-state index contributed by atoms with van der Waals surface area (Å²) in [5.41, 5.74) is 8.61. The number of nitrogen functional groups attached to an aromatic ring is 1. The molecule has 1 aromatic heterocycles. The number of rotatable bonds is 2. The van der Waals surface area contributed by atoms with Crippen molar-refractivity contribution in [2.24, 2.45) is 0 Å². The molecule has 4 heteroatoms. The van der Waals surface area contributed by atoms with Crippen LogP contribution in [0.5, 0.6) is 5.75 Å². The van der Waals surface area contributed by atoms with E-state index in [0.29, 0.717) is 11.6 Å². The summed E-state index contributed by atoms with van der Waals surface area (Å²) in [4.78, 5) is 8.09. The van der Waals surface area contributed by atoms with Gasteiger partial charge in [0.1, 0.15) is 12.0 Å². The number of hydrogen-bond donors (Lipinski definition) is 1. The van der Waals surface area contributed by atoms with E-state index in [1.807, 2.05) is 31.2 Å². The van der Waals surface area contributed by atoms with Crippen LogP contribution in [-0.4, -0.2) is 17.1 Å². The van der Waals surface area contributed by atoms with Crippen LogP contribution in [0.25, 0.3) is 11.3 Å². The van der Waals surface area contributed by atoms with E-state index >= 15 is 0 Å². The summed E-state index contributed by atoms with van der Waals surface area (Å²) in [6.45, 7) is 2.04. The summed E-state index contributed by atoms with van der Waals surface area (Å²) in [5, 5.41) is 0. The van der Waals surface area contributed by atoms with Gasteiger partial charge in [0.15, 0.2) is 11.6 Å². The molecule has 0 unspecified atom stereocenters. The first-order valence-electron chi connectivity index (χ1n) is 4.94. The fourth-order valence-corrected chi connectivity index (χ4v) is 1.51. The molecule has 82 valence electrons. The van der Waals surface area contributed by atoms with E-state index in [2.05, 4.69) is 9.97 Å². The van der Waals surface area contributed by atoms with Gasteiger partial charge in [-0.3, -0.25) is 0 Å². The highest BCUT2D eigenvalue weighted by Gasteiger charge is 2.10. The lowest BCUT2D eigenvalue weighted by Gasteiger charge is -2.08. The molecule has 1 heterocycles. The van der Waals surface area contributed by atoms with E-state index in [0.717, 1.165) is 11.3 Å². The van der Waals surface area contributed by atoms with Crippen molar-refractivity contribution in [3.05, 3.63) is 36.2 Å². The third kappa shape index (κ3) is 1.82. The van der Waals surface area contributed by atoms with E-state index in [9.17, 15) is 0 Å². The fourth-order valence-electron chi connectivity index (χ4n) is 1.51. The van der Waals surface area contributed by atoms with Gasteiger partial charge in [0.2, 0.25) is 0 Å². The van der Waals surface area contributed by atoms with Crippen molar-refractivity contribution < 1.29 is 4.74 Å². The summed E-state index contributed by atoms with van der Waals surface area (Å²) in [6, 6.07) is 8.01. The van der Waals surface area contributed by atoms with Crippen LogP contribution in [0, 0.1) is 6.92 Å². The Morgan fingerprint density at radius 2 is 1.81 bits per heavy atom. The van der Waals surface area contributed by atoms with E-state index in [1.54, 1.807) is 7.11 Å². The molecule has 0 saturated carbocycles. The maximum atomic E-state index is 5.72. The first kappa shape index (κ1) is 10.4. The van der Waals surface area contributed by atoms with Crippen LogP contribution in [0.1, 0.15) is 5.56 Å². The van der Waals surface area contributed by atoms with Crippen molar-refractivity contribution in [1.29, 1.82) is 0 Å². The Hall–Kier alpha value is -2.10. The first-order chi connectivity index (χ1) is 7.72. The SMILES string of the molecule is COc1c(N)ncnc1-c1ccc(C)cc1. The molecule has 0 amide bonds. The molecule has 0 saturated heterocycles. The van der Waals surface area contributed by atoms with Gasteiger partial charge in [0.25, 0.3) is 0 Å². The molecule has 0 aliphatic rings. The number of nitrogens with two attached hydrogens (primary N) is 1. The summed E-state index contributed by atoms with van der Waals surface area (Å²) >= 11 is 0. The third-order valence-corrected chi connectivity index (χ3v) is 2.36. The number of ether oxygens (including phenoxy) is 1. The Morgan fingerprint density at radius 3 is 2.44 bits per heavy atom. The van der Waals surface area contributed by atoms with Gasteiger partial charge < -0.3 is 10.5 Å².